The van der Waals surface area contributed by atoms with Gasteiger partial charge in [-0.1, -0.05) is 23.9 Å². The summed E-state index contributed by atoms with van der Waals surface area (Å²) in [5, 5.41) is 40.8. The summed E-state index contributed by atoms with van der Waals surface area (Å²) in [6, 6.07) is 4.38. The summed E-state index contributed by atoms with van der Waals surface area (Å²) in [6.07, 6.45) is 0. The molecule has 24 heavy (non-hydrogen) atoms. The fourth-order valence-electron chi connectivity index (χ4n) is 1.89. The molecule has 0 unspecified atom stereocenters. The third-order valence-electron chi connectivity index (χ3n) is 3.08. The van der Waals surface area contributed by atoms with Crippen LogP contribution < -0.4 is 15.6 Å². The SMILES string of the molecule is C/C(Cn1nc([N+](=O)[O-])cc1C)=N\NC(=O)c1ccc([O-])cc1[O-]. The Morgan fingerprint density at radius 1 is 1.38 bits per heavy atom. The molecule has 0 saturated carbocycles. The Morgan fingerprint density at radius 2 is 2.08 bits per heavy atom. The van der Waals surface area contributed by atoms with Crippen LogP contribution in [0.5, 0.6) is 11.5 Å². The number of rotatable bonds is 5. The fourth-order valence-corrected chi connectivity index (χ4v) is 1.89. The summed E-state index contributed by atoms with van der Waals surface area (Å²) in [6.45, 7) is 3.37. The van der Waals surface area contributed by atoms with Gasteiger partial charge in [0.25, 0.3) is 5.91 Å². The highest BCUT2D eigenvalue weighted by Crippen LogP contribution is 2.17. The molecule has 1 heterocycles. The van der Waals surface area contributed by atoms with E-state index in [4.69, 9.17) is 0 Å². The van der Waals surface area contributed by atoms with Gasteiger partial charge < -0.3 is 20.3 Å². The molecule has 0 aliphatic rings. The lowest BCUT2D eigenvalue weighted by molar-refractivity contribution is -0.389. The molecule has 1 N–H and O–H groups in total. The number of aromatic nitrogens is 2. The Balaban J connectivity index is 2.06. The summed E-state index contributed by atoms with van der Waals surface area (Å²) < 4.78 is 1.37. The summed E-state index contributed by atoms with van der Waals surface area (Å²) in [5.41, 5.74) is 2.98. The van der Waals surface area contributed by atoms with Crippen LogP contribution >= 0.6 is 0 Å². The number of nitrogens with zero attached hydrogens (tertiary/aromatic N) is 4. The van der Waals surface area contributed by atoms with Crippen LogP contribution in [-0.4, -0.2) is 26.3 Å². The minimum Gasteiger partial charge on any atom is -0.872 e. The largest absolute Gasteiger partial charge is 0.872 e. The molecule has 0 aliphatic heterocycles. The van der Waals surface area contributed by atoms with Crippen LogP contribution in [0.3, 0.4) is 0 Å². The first kappa shape index (κ1) is 16.9. The van der Waals surface area contributed by atoms with E-state index in [0.29, 0.717) is 11.4 Å². The number of hydrogen-bond acceptors (Lipinski definition) is 7. The Labute approximate surface area is 136 Å². The van der Waals surface area contributed by atoms with Crippen molar-refractivity contribution in [1.29, 1.82) is 0 Å². The molecule has 126 valence electrons. The van der Waals surface area contributed by atoms with E-state index >= 15 is 0 Å². The first-order valence-electron chi connectivity index (χ1n) is 6.78. The average molecular weight is 331 g/mol. The van der Waals surface area contributed by atoms with Crippen LogP contribution in [0.25, 0.3) is 0 Å². The van der Waals surface area contributed by atoms with Crippen LogP contribution in [-0.2, 0) is 6.54 Å². The number of carbonyl (C=O) groups excluding carboxylic acids is 1. The van der Waals surface area contributed by atoms with Crippen molar-refractivity contribution < 1.29 is 19.9 Å². The molecule has 0 bridgehead atoms. The lowest BCUT2D eigenvalue weighted by Gasteiger charge is -2.15. The number of hydrogen-bond donors (Lipinski definition) is 1. The molecule has 0 radical (unpaired) electrons. The monoisotopic (exact) mass is 331 g/mol. The zero-order chi connectivity index (χ0) is 17.9. The Bertz CT molecular complexity index is 827. The fraction of sp³-hybridized carbons (Fsp3) is 0.214. The van der Waals surface area contributed by atoms with Crippen LogP contribution in [0.4, 0.5) is 5.82 Å². The van der Waals surface area contributed by atoms with E-state index in [1.165, 1.54) is 10.7 Å². The average Bonchev–Trinajstić information content (AvgIpc) is 2.86. The van der Waals surface area contributed by atoms with Crippen LogP contribution in [0.1, 0.15) is 23.0 Å². The quantitative estimate of drug-likeness (QED) is 0.465. The highest BCUT2D eigenvalue weighted by atomic mass is 16.6. The van der Waals surface area contributed by atoms with Gasteiger partial charge in [-0.3, -0.25) is 4.79 Å². The van der Waals surface area contributed by atoms with Crippen molar-refractivity contribution in [1.82, 2.24) is 15.2 Å². The number of hydrazone groups is 1. The molecule has 1 aromatic heterocycles. The maximum Gasteiger partial charge on any atom is 0.390 e. The van der Waals surface area contributed by atoms with Crippen molar-refractivity contribution in [3.05, 3.63) is 45.6 Å². The van der Waals surface area contributed by atoms with E-state index in [9.17, 15) is 25.1 Å². The van der Waals surface area contributed by atoms with E-state index in [1.807, 2.05) is 0 Å². The van der Waals surface area contributed by atoms with Gasteiger partial charge in [0.1, 0.15) is 6.54 Å². The minimum atomic E-state index is -0.748. The predicted molar refractivity (Wildman–Crippen MR) is 79.5 cm³/mol. The summed E-state index contributed by atoms with van der Waals surface area (Å²) in [4.78, 5) is 21.9. The van der Waals surface area contributed by atoms with Gasteiger partial charge in [-0.25, -0.2) is 5.43 Å². The van der Waals surface area contributed by atoms with Gasteiger partial charge in [-0.05, 0) is 18.8 Å². The smallest absolute Gasteiger partial charge is 0.390 e. The van der Waals surface area contributed by atoms with Gasteiger partial charge in [0.05, 0.1) is 22.6 Å². The Morgan fingerprint density at radius 3 is 2.67 bits per heavy atom. The number of nitrogens with one attached hydrogen (secondary N) is 1. The lowest BCUT2D eigenvalue weighted by atomic mass is 10.2. The number of amides is 1. The molecular formula is C14H13N5O5-2. The molecule has 0 saturated heterocycles. The second-order valence-corrected chi connectivity index (χ2v) is 5.00. The molecule has 1 amide bonds. The maximum absolute atomic E-state index is 11.9. The molecular weight excluding hydrogens is 318 g/mol. The molecule has 0 aliphatic carbocycles. The van der Waals surface area contributed by atoms with Gasteiger partial charge in [-0.2, -0.15) is 9.78 Å². The molecule has 2 rings (SSSR count). The number of benzene rings is 1. The topological polar surface area (TPSA) is 149 Å². The second kappa shape index (κ2) is 6.77. The van der Waals surface area contributed by atoms with Crippen molar-refractivity contribution in [3.8, 4) is 11.5 Å². The second-order valence-electron chi connectivity index (χ2n) is 5.00. The summed E-state index contributed by atoms with van der Waals surface area (Å²) >= 11 is 0. The zero-order valence-electron chi connectivity index (χ0n) is 12.8. The molecule has 10 heteroatoms. The third-order valence-corrected chi connectivity index (χ3v) is 3.08. The number of carbonyl (C=O) groups is 1. The van der Waals surface area contributed by atoms with Gasteiger partial charge in [0, 0.05) is 5.56 Å². The molecule has 1 aromatic carbocycles. The Hall–Kier alpha value is -3.43. The van der Waals surface area contributed by atoms with E-state index in [-0.39, 0.29) is 17.9 Å². The lowest BCUT2D eigenvalue weighted by Crippen LogP contribution is -2.22. The van der Waals surface area contributed by atoms with Gasteiger partial charge in [-0.15, -0.1) is 5.75 Å². The van der Waals surface area contributed by atoms with Crippen LogP contribution in [0, 0.1) is 17.0 Å². The molecule has 0 spiro atoms. The first-order valence-corrected chi connectivity index (χ1v) is 6.78. The van der Waals surface area contributed by atoms with E-state index in [2.05, 4.69) is 15.6 Å². The van der Waals surface area contributed by atoms with Crippen molar-refractivity contribution in [2.45, 2.75) is 20.4 Å². The Kier molecular flexibility index (Phi) is 4.78. The molecule has 10 nitrogen and oxygen atoms in total. The highest BCUT2D eigenvalue weighted by molar-refractivity contribution is 5.97. The first-order chi connectivity index (χ1) is 11.3. The highest BCUT2D eigenvalue weighted by Gasteiger charge is 2.15. The van der Waals surface area contributed by atoms with Crippen molar-refractivity contribution in [2.75, 3.05) is 0 Å². The summed E-state index contributed by atoms with van der Waals surface area (Å²) in [7, 11) is 0. The van der Waals surface area contributed by atoms with Crippen molar-refractivity contribution in [2.24, 2.45) is 5.10 Å². The summed E-state index contributed by atoms with van der Waals surface area (Å²) in [5.74, 6) is -2.20. The van der Waals surface area contributed by atoms with Gasteiger partial charge >= 0.3 is 5.82 Å². The maximum atomic E-state index is 11.9. The van der Waals surface area contributed by atoms with Crippen LogP contribution in [0.15, 0.2) is 29.4 Å². The van der Waals surface area contributed by atoms with Gasteiger partial charge in [0.2, 0.25) is 0 Å². The number of nitro groups is 1. The predicted octanol–water partition coefficient (Wildman–Crippen LogP) is 0.0528. The molecule has 0 atom stereocenters. The van der Waals surface area contributed by atoms with E-state index in [0.717, 1.165) is 18.2 Å². The van der Waals surface area contributed by atoms with Crippen LogP contribution in [0.2, 0.25) is 0 Å². The molecule has 0 fully saturated rings. The van der Waals surface area contributed by atoms with Gasteiger partial charge in [0.15, 0.2) is 0 Å². The standard InChI is InChI=1S/C14H15N5O5/c1-8(7-18-9(2)5-13(17-18)19(23)24)15-16-14(22)11-4-3-10(20)6-12(11)21/h3-6,20-21H,7H2,1-2H3,(H,16,22)/p-2/b15-8+. The van der Waals surface area contributed by atoms with E-state index < -0.39 is 22.3 Å². The number of aryl methyl sites for hydroxylation is 1. The third kappa shape index (κ3) is 3.85. The zero-order valence-corrected chi connectivity index (χ0v) is 12.8. The van der Waals surface area contributed by atoms with Crippen molar-refractivity contribution in [3.63, 3.8) is 0 Å². The minimum absolute atomic E-state index is 0.129. The molecule has 2 aromatic rings. The normalized spacial score (nSPS) is 11.3. The van der Waals surface area contributed by atoms with E-state index in [1.54, 1.807) is 13.8 Å². The van der Waals surface area contributed by atoms with Crippen molar-refractivity contribution >= 4 is 17.4 Å².